The van der Waals surface area contributed by atoms with E-state index in [9.17, 15) is 9.59 Å². The molecule has 0 unspecified atom stereocenters. The van der Waals surface area contributed by atoms with Gasteiger partial charge in [-0.2, -0.15) is 0 Å². The molecule has 5 rings (SSSR count). The minimum atomic E-state index is -0.339. The van der Waals surface area contributed by atoms with Crippen LogP contribution in [-0.4, -0.2) is 18.7 Å². The molecule has 0 N–H and O–H groups in total. The van der Waals surface area contributed by atoms with Crippen LogP contribution in [0.4, 0.5) is 0 Å². The van der Waals surface area contributed by atoms with Crippen molar-refractivity contribution in [2.45, 2.75) is 25.9 Å². The minimum absolute atomic E-state index is 0.223. The second kappa shape index (κ2) is 7.05. The summed E-state index contributed by atoms with van der Waals surface area (Å²) in [4.78, 5) is 31.3. The third-order valence-electron chi connectivity index (χ3n) is 5.28. The van der Waals surface area contributed by atoms with Crippen LogP contribution in [-0.2, 0) is 19.5 Å². The number of imidazole rings is 1. The Labute approximate surface area is 167 Å². The maximum absolute atomic E-state index is 13.5. The van der Waals surface area contributed by atoms with Gasteiger partial charge in [-0.25, -0.2) is 9.78 Å². The first-order valence-electron chi connectivity index (χ1n) is 9.71. The van der Waals surface area contributed by atoms with E-state index in [1.54, 1.807) is 4.57 Å². The summed E-state index contributed by atoms with van der Waals surface area (Å²) in [5.41, 5.74) is 2.15. The molecular weight excluding hydrogens is 364 g/mol. The summed E-state index contributed by atoms with van der Waals surface area (Å²) in [5.74, 6) is 0.818. The molecule has 4 aromatic rings. The van der Waals surface area contributed by atoms with E-state index in [0.29, 0.717) is 17.7 Å². The standard InChI is InChI=1S/C23H20N4O2/c28-22-20-21(25-14-8-7-13-19(25)24-20)26(15-17-9-3-1-4-10-17)23(29)27(22)16-18-11-5-2-6-12-18/h1-6,8-12,14H,7,13,15-16H2. The van der Waals surface area contributed by atoms with Gasteiger partial charge in [-0.15, -0.1) is 0 Å². The summed E-state index contributed by atoms with van der Waals surface area (Å²) in [6, 6.07) is 19.4. The van der Waals surface area contributed by atoms with Gasteiger partial charge in [0.25, 0.3) is 5.56 Å². The van der Waals surface area contributed by atoms with Crippen molar-refractivity contribution in [1.29, 1.82) is 0 Å². The van der Waals surface area contributed by atoms with Crippen molar-refractivity contribution in [3.8, 4) is 0 Å². The van der Waals surface area contributed by atoms with Gasteiger partial charge in [0.1, 0.15) is 5.82 Å². The molecule has 0 saturated heterocycles. The molecule has 6 nitrogen and oxygen atoms in total. The second-order valence-electron chi connectivity index (χ2n) is 7.22. The zero-order valence-electron chi connectivity index (χ0n) is 15.9. The first-order valence-corrected chi connectivity index (χ1v) is 9.71. The Morgan fingerprint density at radius 1 is 0.828 bits per heavy atom. The van der Waals surface area contributed by atoms with Gasteiger partial charge in [0.15, 0.2) is 11.2 Å². The van der Waals surface area contributed by atoms with E-state index in [0.717, 1.165) is 29.8 Å². The summed E-state index contributed by atoms with van der Waals surface area (Å²) in [7, 11) is 0. The third-order valence-corrected chi connectivity index (χ3v) is 5.28. The van der Waals surface area contributed by atoms with E-state index >= 15 is 0 Å². The topological polar surface area (TPSA) is 61.8 Å². The third kappa shape index (κ3) is 3.02. The molecule has 0 fully saturated rings. The van der Waals surface area contributed by atoms with Crippen molar-refractivity contribution in [3.05, 3.63) is 105 Å². The largest absolute Gasteiger partial charge is 0.333 e. The molecule has 0 aliphatic carbocycles. The van der Waals surface area contributed by atoms with Crippen LogP contribution >= 0.6 is 0 Å². The average Bonchev–Trinajstić information content (AvgIpc) is 3.15. The highest BCUT2D eigenvalue weighted by Gasteiger charge is 2.22. The molecule has 2 aromatic heterocycles. The number of fused-ring (bicyclic) bond motifs is 3. The fourth-order valence-corrected chi connectivity index (χ4v) is 3.86. The molecule has 0 radical (unpaired) electrons. The molecule has 6 heteroatoms. The molecule has 0 bridgehead atoms. The van der Waals surface area contributed by atoms with Crippen LogP contribution in [0.2, 0.25) is 0 Å². The normalized spacial score (nSPS) is 13.0. The number of benzene rings is 2. The van der Waals surface area contributed by atoms with Crippen molar-refractivity contribution in [1.82, 2.24) is 18.7 Å². The Kier molecular flexibility index (Phi) is 4.24. The molecule has 144 valence electrons. The summed E-state index contributed by atoms with van der Waals surface area (Å²) < 4.78 is 4.85. The van der Waals surface area contributed by atoms with Crippen molar-refractivity contribution < 1.29 is 0 Å². The fraction of sp³-hybridized carbons (Fsp3) is 0.174. The Hall–Kier alpha value is -3.67. The smallest absolute Gasteiger partial charge is 0.289 e. The molecule has 0 amide bonds. The maximum Gasteiger partial charge on any atom is 0.333 e. The van der Waals surface area contributed by atoms with E-state index in [1.165, 1.54) is 4.57 Å². The first kappa shape index (κ1) is 17.4. The summed E-state index contributed by atoms with van der Waals surface area (Å²) in [6.07, 6.45) is 5.59. The number of hydrogen-bond acceptors (Lipinski definition) is 3. The molecule has 3 heterocycles. The van der Waals surface area contributed by atoms with Crippen LogP contribution < -0.4 is 11.2 Å². The lowest BCUT2D eigenvalue weighted by Crippen LogP contribution is -2.41. The van der Waals surface area contributed by atoms with Crippen LogP contribution in [0.3, 0.4) is 0 Å². The van der Waals surface area contributed by atoms with Crippen molar-refractivity contribution in [2.24, 2.45) is 0 Å². The number of rotatable bonds is 4. The fourth-order valence-electron chi connectivity index (χ4n) is 3.86. The number of aryl methyl sites for hydroxylation is 1. The van der Waals surface area contributed by atoms with Gasteiger partial charge in [0.2, 0.25) is 0 Å². The monoisotopic (exact) mass is 384 g/mol. The first-order chi connectivity index (χ1) is 14.2. The highest BCUT2D eigenvalue weighted by Crippen LogP contribution is 2.19. The van der Waals surface area contributed by atoms with Gasteiger partial charge >= 0.3 is 5.69 Å². The number of hydrogen-bond donors (Lipinski definition) is 0. The van der Waals surface area contributed by atoms with Crippen LogP contribution in [0.25, 0.3) is 17.4 Å². The minimum Gasteiger partial charge on any atom is -0.289 e. The van der Waals surface area contributed by atoms with Crippen LogP contribution in [0.15, 0.2) is 76.3 Å². The van der Waals surface area contributed by atoms with Crippen molar-refractivity contribution >= 4 is 17.4 Å². The highest BCUT2D eigenvalue weighted by molar-refractivity contribution is 5.74. The SMILES string of the molecule is O=c1c2nc3n(c2n(Cc2ccccc2)c(=O)n1Cc1ccccc1)C=CCC3. The van der Waals surface area contributed by atoms with Crippen LogP contribution in [0.5, 0.6) is 0 Å². The maximum atomic E-state index is 13.5. The van der Waals surface area contributed by atoms with Crippen molar-refractivity contribution in [2.75, 3.05) is 0 Å². The second-order valence-corrected chi connectivity index (χ2v) is 7.22. The van der Waals surface area contributed by atoms with Gasteiger partial charge in [-0.1, -0.05) is 66.7 Å². The molecule has 1 aliphatic rings. The summed E-state index contributed by atoms with van der Waals surface area (Å²) >= 11 is 0. The molecular formula is C23H20N4O2. The predicted octanol–water partition coefficient (Wildman–Crippen LogP) is 2.87. The molecule has 0 spiro atoms. The number of allylic oxidation sites excluding steroid dienone is 1. The molecule has 0 atom stereocenters. The van der Waals surface area contributed by atoms with E-state index in [4.69, 9.17) is 0 Å². The lowest BCUT2D eigenvalue weighted by Gasteiger charge is -2.14. The summed E-state index contributed by atoms with van der Waals surface area (Å²) in [5, 5.41) is 0. The van der Waals surface area contributed by atoms with Crippen LogP contribution in [0, 0.1) is 0 Å². The average molecular weight is 384 g/mol. The van der Waals surface area contributed by atoms with Gasteiger partial charge < -0.3 is 0 Å². The van der Waals surface area contributed by atoms with Crippen molar-refractivity contribution in [3.63, 3.8) is 0 Å². The van der Waals surface area contributed by atoms with Gasteiger partial charge in [-0.3, -0.25) is 18.5 Å². The Bertz CT molecular complexity index is 1330. The van der Waals surface area contributed by atoms with E-state index < -0.39 is 0 Å². The zero-order chi connectivity index (χ0) is 19.8. The predicted molar refractivity (Wildman–Crippen MR) is 113 cm³/mol. The number of aromatic nitrogens is 4. The summed E-state index contributed by atoms with van der Waals surface area (Å²) in [6.45, 7) is 0.603. The zero-order valence-corrected chi connectivity index (χ0v) is 15.9. The van der Waals surface area contributed by atoms with E-state index in [2.05, 4.69) is 4.98 Å². The molecule has 29 heavy (non-hydrogen) atoms. The van der Waals surface area contributed by atoms with Gasteiger partial charge in [-0.05, 0) is 17.5 Å². The van der Waals surface area contributed by atoms with E-state index in [1.807, 2.05) is 77.5 Å². The Balaban J connectivity index is 1.77. The highest BCUT2D eigenvalue weighted by atomic mass is 16.2. The quantitative estimate of drug-likeness (QED) is 0.544. The molecule has 1 aliphatic heterocycles. The van der Waals surface area contributed by atoms with Crippen LogP contribution in [0.1, 0.15) is 23.4 Å². The van der Waals surface area contributed by atoms with Gasteiger partial charge in [0, 0.05) is 12.6 Å². The number of nitrogens with zero attached hydrogens (tertiary/aromatic N) is 4. The molecule has 0 saturated carbocycles. The van der Waals surface area contributed by atoms with Gasteiger partial charge in [0.05, 0.1) is 13.1 Å². The van der Waals surface area contributed by atoms with E-state index in [-0.39, 0.29) is 17.8 Å². The lowest BCUT2D eigenvalue weighted by molar-refractivity contribution is 0.628. The molecule has 2 aromatic carbocycles. The Morgan fingerprint density at radius 3 is 2.10 bits per heavy atom. The Morgan fingerprint density at radius 2 is 1.45 bits per heavy atom. The lowest BCUT2D eigenvalue weighted by atomic mass is 10.2.